The highest BCUT2D eigenvalue weighted by atomic mass is 16.5. The highest BCUT2D eigenvalue weighted by Crippen LogP contribution is 2.40. The quantitative estimate of drug-likeness (QED) is 0.692. The summed E-state index contributed by atoms with van der Waals surface area (Å²) in [5.74, 6) is -2.64. The van der Waals surface area contributed by atoms with Gasteiger partial charge < -0.3 is 14.9 Å². The predicted molar refractivity (Wildman–Crippen MR) is 62.8 cm³/mol. The van der Waals surface area contributed by atoms with Crippen LogP contribution >= 0.6 is 0 Å². The summed E-state index contributed by atoms with van der Waals surface area (Å²) in [7, 11) is 0. The molecule has 0 radical (unpaired) electrons. The number of aliphatic hydroxyl groups excluding tert-OH is 1. The number of aliphatic carboxylic acids is 1. The molecule has 2 atom stereocenters. The molecular formula is C13H14O5. The van der Waals surface area contributed by atoms with Crippen molar-refractivity contribution in [2.75, 3.05) is 0 Å². The van der Waals surface area contributed by atoms with Crippen LogP contribution in [0, 0.1) is 5.92 Å². The molecule has 2 rings (SSSR count). The Morgan fingerprint density at radius 1 is 1.39 bits per heavy atom. The van der Waals surface area contributed by atoms with Crippen molar-refractivity contribution in [2.24, 2.45) is 5.92 Å². The minimum Gasteiger partial charge on any atom is -0.506 e. The predicted octanol–water partition coefficient (Wildman–Crippen LogP) is 1.72. The van der Waals surface area contributed by atoms with E-state index in [4.69, 9.17) is 9.84 Å². The molecule has 96 valence electrons. The number of allylic oxidation sites excluding steroid dienone is 2. The second kappa shape index (κ2) is 4.01. The van der Waals surface area contributed by atoms with Crippen LogP contribution in [0.1, 0.15) is 20.8 Å². The Labute approximate surface area is 104 Å². The van der Waals surface area contributed by atoms with Crippen LogP contribution in [-0.4, -0.2) is 28.1 Å². The van der Waals surface area contributed by atoms with E-state index in [9.17, 15) is 14.7 Å². The second-order valence-electron chi connectivity index (χ2n) is 4.56. The number of hydrogen-bond donors (Lipinski definition) is 2. The molecule has 5 heteroatoms. The molecule has 1 aliphatic heterocycles. The van der Waals surface area contributed by atoms with Gasteiger partial charge in [0.1, 0.15) is 17.4 Å². The monoisotopic (exact) mass is 250 g/mol. The molecule has 1 aliphatic carbocycles. The Morgan fingerprint density at radius 2 is 2.00 bits per heavy atom. The van der Waals surface area contributed by atoms with Gasteiger partial charge in [0.05, 0.1) is 11.8 Å². The zero-order valence-corrected chi connectivity index (χ0v) is 10.4. The zero-order valence-electron chi connectivity index (χ0n) is 10.4. The summed E-state index contributed by atoms with van der Waals surface area (Å²) in [6.45, 7) is 5.31. The van der Waals surface area contributed by atoms with Gasteiger partial charge in [-0.3, -0.25) is 4.79 Å². The SMILES string of the molecule is CC1=C2C(=CO[C@H](C)[C@H]2C)C(O)=C(C(=O)O)C1=O. The van der Waals surface area contributed by atoms with Gasteiger partial charge in [0.15, 0.2) is 5.78 Å². The first-order valence-electron chi connectivity index (χ1n) is 5.64. The molecule has 0 spiro atoms. The summed E-state index contributed by atoms with van der Waals surface area (Å²) in [6.07, 6.45) is 1.21. The third-order valence-electron chi connectivity index (χ3n) is 3.53. The summed E-state index contributed by atoms with van der Waals surface area (Å²) in [4.78, 5) is 23.0. The Bertz CT molecular complexity index is 536. The summed E-state index contributed by atoms with van der Waals surface area (Å²) < 4.78 is 5.35. The largest absolute Gasteiger partial charge is 0.506 e. The van der Waals surface area contributed by atoms with Crippen molar-refractivity contribution in [1.29, 1.82) is 0 Å². The van der Waals surface area contributed by atoms with Crippen LogP contribution in [0.4, 0.5) is 0 Å². The number of carbonyl (C=O) groups is 2. The van der Waals surface area contributed by atoms with Crippen molar-refractivity contribution in [3.63, 3.8) is 0 Å². The van der Waals surface area contributed by atoms with Crippen molar-refractivity contribution in [2.45, 2.75) is 26.9 Å². The highest BCUT2D eigenvalue weighted by Gasteiger charge is 2.39. The smallest absolute Gasteiger partial charge is 0.343 e. The van der Waals surface area contributed by atoms with E-state index in [2.05, 4.69) is 0 Å². The molecule has 0 aromatic heterocycles. The molecule has 0 fully saturated rings. The minimum atomic E-state index is -1.43. The summed E-state index contributed by atoms with van der Waals surface area (Å²) in [6, 6.07) is 0. The Balaban J connectivity index is 2.67. The summed E-state index contributed by atoms with van der Waals surface area (Å²) >= 11 is 0. The fourth-order valence-electron chi connectivity index (χ4n) is 2.31. The Hall–Kier alpha value is -2.04. The number of carbonyl (C=O) groups excluding carboxylic acids is 1. The number of fused-ring (bicyclic) bond motifs is 1. The first kappa shape index (κ1) is 12.4. The Morgan fingerprint density at radius 3 is 2.56 bits per heavy atom. The third-order valence-corrected chi connectivity index (χ3v) is 3.53. The average Bonchev–Trinajstić information content (AvgIpc) is 2.29. The number of aliphatic hydroxyl groups is 1. The Kier molecular flexibility index (Phi) is 2.77. The molecule has 0 bridgehead atoms. The molecule has 0 saturated heterocycles. The van der Waals surface area contributed by atoms with Crippen LogP contribution in [0.2, 0.25) is 0 Å². The maximum absolute atomic E-state index is 12.0. The van der Waals surface area contributed by atoms with Crippen LogP contribution in [0.25, 0.3) is 0 Å². The summed E-state index contributed by atoms with van der Waals surface area (Å²) in [5.41, 5.74) is 0.739. The standard InChI is InChI=1S/C13H14O5/c1-5-7(3)18-4-8-9(5)6(2)11(14)10(12(8)15)13(16)17/h4-5,7,15H,1-3H3,(H,16,17)/t5-,7-/m1/s1. The molecule has 5 nitrogen and oxygen atoms in total. The van der Waals surface area contributed by atoms with Gasteiger partial charge in [0.2, 0.25) is 0 Å². The lowest BCUT2D eigenvalue weighted by Crippen LogP contribution is -2.31. The summed E-state index contributed by atoms with van der Waals surface area (Å²) in [5, 5.41) is 18.9. The molecule has 1 heterocycles. The number of ether oxygens (including phenoxy) is 1. The molecule has 2 aliphatic rings. The van der Waals surface area contributed by atoms with Gasteiger partial charge in [-0.25, -0.2) is 4.79 Å². The third kappa shape index (κ3) is 1.54. The van der Waals surface area contributed by atoms with E-state index in [1.807, 2.05) is 13.8 Å². The van der Waals surface area contributed by atoms with Crippen molar-refractivity contribution in [3.8, 4) is 0 Å². The van der Waals surface area contributed by atoms with Crippen LogP contribution in [0.15, 0.2) is 34.3 Å². The van der Waals surface area contributed by atoms with E-state index in [0.717, 1.165) is 0 Å². The van der Waals surface area contributed by atoms with Gasteiger partial charge in [-0.05, 0) is 19.4 Å². The lowest BCUT2D eigenvalue weighted by Gasteiger charge is -2.33. The zero-order chi connectivity index (χ0) is 13.6. The topological polar surface area (TPSA) is 83.8 Å². The lowest BCUT2D eigenvalue weighted by molar-refractivity contribution is -0.134. The van der Waals surface area contributed by atoms with Crippen molar-refractivity contribution in [3.05, 3.63) is 34.3 Å². The molecule has 0 saturated carbocycles. The number of rotatable bonds is 1. The lowest BCUT2D eigenvalue weighted by atomic mass is 9.78. The van der Waals surface area contributed by atoms with E-state index in [-0.39, 0.29) is 12.0 Å². The van der Waals surface area contributed by atoms with Crippen molar-refractivity contribution >= 4 is 11.8 Å². The maximum atomic E-state index is 12.0. The van der Waals surface area contributed by atoms with Crippen molar-refractivity contribution in [1.82, 2.24) is 0 Å². The van der Waals surface area contributed by atoms with Crippen LogP contribution in [0.3, 0.4) is 0 Å². The van der Waals surface area contributed by atoms with Gasteiger partial charge in [0, 0.05) is 11.5 Å². The fraction of sp³-hybridized carbons (Fsp3) is 0.385. The first-order chi connectivity index (χ1) is 8.36. The van der Waals surface area contributed by atoms with E-state index >= 15 is 0 Å². The van der Waals surface area contributed by atoms with E-state index in [0.29, 0.717) is 16.7 Å². The average molecular weight is 250 g/mol. The number of carboxylic acid groups (broad SMARTS) is 1. The molecule has 0 amide bonds. The molecule has 2 N–H and O–H groups in total. The van der Waals surface area contributed by atoms with Gasteiger partial charge >= 0.3 is 5.97 Å². The van der Waals surface area contributed by atoms with E-state index in [1.54, 1.807) is 6.92 Å². The molecule has 0 aromatic rings. The maximum Gasteiger partial charge on any atom is 0.343 e. The van der Waals surface area contributed by atoms with Crippen molar-refractivity contribution < 1.29 is 24.5 Å². The van der Waals surface area contributed by atoms with Crippen LogP contribution in [-0.2, 0) is 14.3 Å². The molecular weight excluding hydrogens is 236 g/mol. The number of carboxylic acids is 1. The van der Waals surface area contributed by atoms with Gasteiger partial charge in [-0.15, -0.1) is 0 Å². The number of ketones is 1. The minimum absolute atomic E-state index is 0.0774. The second-order valence-corrected chi connectivity index (χ2v) is 4.56. The van der Waals surface area contributed by atoms with E-state index in [1.165, 1.54) is 6.26 Å². The van der Waals surface area contributed by atoms with Crippen LogP contribution < -0.4 is 0 Å². The first-order valence-corrected chi connectivity index (χ1v) is 5.64. The normalized spacial score (nSPS) is 27.7. The van der Waals surface area contributed by atoms with Gasteiger partial charge in [-0.1, -0.05) is 6.92 Å². The van der Waals surface area contributed by atoms with Crippen LogP contribution in [0.5, 0.6) is 0 Å². The highest BCUT2D eigenvalue weighted by molar-refractivity contribution is 6.25. The van der Waals surface area contributed by atoms with E-state index < -0.39 is 23.1 Å². The van der Waals surface area contributed by atoms with Gasteiger partial charge in [-0.2, -0.15) is 0 Å². The molecule has 0 unspecified atom stereocenters. The molecule has 18 heavy (non-hydrogen) atoms. The number of hydrogen-bond acceptors (Lipinski definition) is 4. The number of Topliss-reactive ketones (excluding diaryl/α,β-unsaturated/α-hetero) is 1. The van der Waals surface area contributed by atoms with Gasteiger partial charge in [0.25, 0.3) is 0 Å². The molecule has 0 aromatic carbocycles. The fourth-order valence-corrected chi connectivity index (χ4v) is 2.31.